The van der Waals surface area contributed by atoms with Crippen LogP contribution in [0.1, 0.15) is 27.9 Å². The van der Waals surface area contributed by atoms with Gasteiger partial charge in [0.15, 0.2) is 0 Å². The first kappa shape index (κ1) is 17.1. The average molecular weight is 358 g/mol. The lowest BCUT2D eigenvalue weighted by molar-refractivity contribution is 1.04. The summed E-state index contributed by atoms with van der Waals surface area (Å²) in [7, 11) is 0. The number of hydrogen-bond acceptors (Lipinski definition) is 2. The quantitative estimate of drug-likeness (QED) is 0.387. The smallest absolute Gasteiger partial charge is 0.0411 e. The van der Waals surface area contributed by atoms with E-state index in [2.05, 4.69) is 66.2 Å². The number of hydrogen-bond donors (Lipinski definition) is 0. The van der Waals surface area contributed by atoms with Gasteiger partial charge in [-0.2, -0.15) is 11.8 Å². The maximum atomic E-state index is 4.39. The molecule has 2 heteroatoms. The maximum absolute atomic E-state index is 4.39. The number of fused-ring (bicyclic) bond motifs is 3. The number of rotatable bonds is 7. The van der Waals surface area contributed by atoms with Gasteiger partial charge >= 0.3 is 0 Å². The zero-order valence-electron chi connectivity index (χ0n) is 14.9. The van der Waals surface area contributed by atoms with Crippen molar-refractivity contribution < 1.29 is 0 Å². The van der Waals surface area contributed by atoms with E-state index in [1.807, 2.05) is 24.0 Å². The van der Waals surface area contributed by atoms with Crippen LogP contribution < -0.4 is 0 Å². The summed E-state index contributed by atoms with van der Waals surface area (Å²) < 4.78 is 0. The molecule has 0 atom stereocenters. The van der Waals surface area contributed by atoms with Gasteiger partial charge in [-0.25, -0.2) is 0 Å². The fourth-order valence-electron chi connectivity index (χ4n) is 3.76. The first-order valence-electron chi connectivity index (χ1n) is 9.20. The first-order valence-corrected chi connectivity index (χ1v) is 10.4. The van der Waals surface area contributed by atoms with Gasteiger partial charge in [0.25, 0.3) is 0 Å². The maximum Gasteiger partial charge on any atom is 0.0411 e. The van der Waals surface area contributed by atoms with Crippen LogP contribution in [0.15, 0.2) is 67.4 Å². The highest BCUT2D eigenvalue weighted by Crippen LogP contribution is 2.39. The lowest BCUT2D eigenvalue weighted by Crippen LogP contribution is -1.99. The Balaban J connectivity index is 1.40. The highest BCUT2D eigenvalue weighted by Gasteiger charge is 2.21. The van der Waals surface area contributed by atoms with Crippen molar-refractivity contribution in [3.8, 4) is 11.1 Å². The van der Waals surface area contributed by atoms with Gasteiger partial charge in [0.05, 0.1) is 0 Å². The zero-order valence-corrected chi connectivity index (χ0v) is 15.8. The van der Waals surface area contributed by atoms with Gasteiger partial charge in [-0.1, -0.05) is 55.1 Å². The second-order valence-electron chi connectivity index (χ2n) is 6.64. The van der Waals surface area contributed by atoms with E-state index in [0.717, 1.165) is 30.8 Å². The zero-order chi connectivity index (χ0) is 17.8. The molecule has 1 nitrogen and oxygen atoms in total. The molecular formula is C24H23NS. The lowest BCUT2D eigenvalue weighted by Gasteiger charge is -2.12. The molecule has 1 aliphatic rings. The summed E-state index contributed by atoms with van der Waals surface area (Å²) in [6.45, 7) is 4.10. The molecule has 0 saturated heterocycles. The van der Waals surface area contributed by atoms with Gasteiger partial charge in [0.2, 0.25) is 0 Å². The molecule has 0 amide bonds. The molecular weight excluding hydrogens is 334 g/mol. The minimum absolute atomic E-state index is 1.04. The molecule has 0 spiro atoms. The van der Waals surface area contributed by atoms with Gasteiger partial charge in [0, 0.05) is 11.9 Å². The second kappa shape index (κ2) is 7.92. The van der Waals surface area contributed by atoms with Crippen molar-refractivity contribution in [2.45, 2.75) is 19.3 Å². The van der Waals surface area contributed by atoms with Gasteiger partial charge in [-0.15, -0.1) is 0 Å². The molecule has 2 aromatic carbocycles. The normalized spacial score (nSPS) is 11.8. The van der Waals surface area contributed by atoms with Crippen LogP contribution in [0.25, 0.3) is 17.2 Å². The molecule has 0 radical (unpaired) electrons. The molecule has 26 heavy (non-hydrogen) atoms. The molecule has 0 N–H and O–H groups in total. The van der Waals surface area contributed by atoms with Crippen LogP contribution in [-0.4, -0.2) is 16.5 Å². The third kappa shape index (κ3) is 3.47. The number of thioether (sulfide) groups is 1. The molecule has 130 valence electrons. The molecule has 1 heterocycles. The van der Waals surface area contributed by atoms with Crippen molar-refractivity contribution in [1.29, 1.82) is 0 Å². The number of pyridine rings is 1. The Hall–Kier alpha value is -2.32. The van der Waals surface area contributed by atoms with E-state index in [1.165, 1.54) is 39.1 Å². The second-order valence-corrected chi connectivity index (χ2v) is 7.86. The predicted octanol–water partition coefficient (Wildman–Crippen LogP) is 5.81. The Morgan fingerprint density at radius 1 is 0.923 bits per heavy atom. The van der Waals surface area contributed by atoms with E-state index in [1.54, 1.807) is 0 Å². The Morgan fingerprint density at radius 2 is 1.77 bits per heavy atom. The van der Waals surface area contributed by atoms with E-state index >= 15 is 0 Å². The Labute approximate surface area is 160 Å². The van der Waals surface area contributed by atoms with Crippen molar-refractivity contribution in [2.75, 3.05) is 11.5 Å². The molecule has 0 fully saturated rings. The van der Waals surface area contributed by atoms with Crippen LogP contribution in [0.5, 0.6) is 0 Å². The third-order valence-electron chi connectivity index (χ3n) is 5.07. The number of aryl methyl sites for hydroxylation is 2. The van der Waals surface area contributed by atoms with Crippen LogP contribution in [0.2, 0.25) is 0 Å². The summed E-state index contributed by atoms with van der Waals surface area (Å²) >= 11 is 2.01. The fourth-order valence-corrected chi connectivity index (χ4v) is 4.68. The molecule has 0 bridgehead atoms. The van der Waals surface area contributed by atoms with Crippen molar-refractivity contribution >= 4 is 17.8 Å². The van der Waals surface area contributed by atoms with E-state index in [0.29, 0.717) is 0 Å². The monoisotopic (exact) mass is 357 g/mol. The summed E-state index contributed by atoms with van der Waals surface area (Å²) in [4.78, 5) is 4.39. The molecule has 0 saturated carbocycles. The summed E-state index contributed by atoms with van der Waals surface area (Å²) in [6, 6.07) is 19.5. The average Bonchev–Trinajstić information content (AvgIpc) is 3.07. The van der Waals surface area contributed by atoms with Crippen molar-refractivity contribution in [3.05, 3.63) is 95.3 Å². The third-order valence-corrected chi connectivity index (χ3v) is 6.06. The summed E-state index contributed by atoms with van der Waals surface area (Å²) in [5.74, 6) is 2.26. The van der Waals surface area contributed by atoms with Gasteiger partial charge < -0.3 is 0 Å². The number of aromatic nitrogens is 1. The van der Waals surface area contributed by atoms with E-state index in [4.69, 9.17) is 0 Å². The highest BCUT2D eigenvalue weighted by molar-refractivity contribution is 7.99. The van der Waals surface area contributed by atoms with E-state index in [9.17, 15) is 0 Å². The van der Waals surface area contributed by atoms with Gasteiger partial charge in [-0.05, 0) is 76.3 Å². The summed E-state index contributed by atoms with van der Waals surface area (Å²) in [5.41, 5.74) is 9.64. The first-order chi connectivity index (χ1) is 12.9. The summed E-state index contributed by atoms with van der Waals surface area (Å²) in [6.07, 6.45) is 7.10. The molecule has 3 aromatic rings. The molecule has 1 aliphatic carbocycles. The summed E-state index contributed by atoms with van der Waals surface area (Å²) in [5, 5.41) is 0. The molecule has 0 aliphatic heterocycles. The van der Waals surface area contributed by atoms with Crippen molar-refractivity contribution in [1.82, 2.24) is 4.98 Å². The van der Waals surface area contributed by atoms with Gasteiger partial charge in [-0.3, -0.25) is 4.98 Å². The molecule has 4 rings (SSSR count). The number of nitrogens with zero attached hydrogens (tertiary/aromatic N) is 1. The van der Waals surface area contributed by atoms with E-state index in [-0.39, 0.29) is 0 Å². The minimum Gasteiger partial charge on any atom is -0.261 e. The Bertz CT molecular complexity index is 915. The fraction of sp³-hybridized carbons (Fsp3) is 0.208. The van der Waals surface area contributed by atoms with E-state index < -0.39 is 0 Å². The van der Waals surface area contributed by atoms with Crippen LogP contribution >= 0.6 is 11.8 Å². The SMILES string of the molecule is C=Cc1c(CCSCCc2ccccn2)ccc2c1Cc1ccccc1-2. The van der Waals surface area contributed by atoms with Crippen LogP contribution in [0.3, 0.4) is 0 Å². The molecule has 1 aromatic heterocycles. The molecule has 0 unspecified atom stereocenters. The Kier molecular flexibility index (Phi) is 5.21. The highest BCUT2D eigenvalue weighted by atomic mass is 32.2. The predicted molar refractivity (Wildman–Crippen MR) is 114 cm³/mol. The lowest BCUT2D eigenvalue weighted by atomic mass is 9.95. The topological polar surface area (TPSA) is 12.9 Å². The largest absolute Gasteiger partial charge is 0.261 e. The van der Waals surface area contributed by atoms with Crippen LogP contribution in [0.4, 0.5) is 0 Å². The Morgan fingerprint density at radius 3 is 2.62 bits per heavy atom. The van der Waals surface area contributed by atoms with Gasteiger partial charge in [0.1, 0.15) is 0 Å². The minimum atomic E-state index is 1.04. The van der Waals surface area contributed by atoms with Crippen molar-refractivity contribution in [2.24, 2.45) is 0 Å². The number of benzene rings is 2. The van der Waals surface area contributed by atoms with Crippen LogP contribution in [-0.2, 0) is 19.3 Å². The van der Waals surface area contributed by atoms with Crippen LogP contribution in [0, 0.1) is 0 Å². The van der Waals surface area contributed by atoms with Crippen molar-refractivity contribution in [3.63, 3.8) is 0 Å². The standard InChI is InChI=1S/C24H23NS/c1-2-21-18(12-15-26-16-13-20-8-5-6-14-25-20)10-11-23-22-9-4-3-7-19(22)17-24(21)23/h2-11,14H,1,12-13,15-17H2.